The normalized spacial score (nSPS) is 11.1. The molecule has 1 amide bonds. The Bertz CT molecular complexity index is 928. The first-order valence-corrected chi connectivity index (χ1v) is 9.97. The molecule has 2 N–H and O–H groups in total. The van der Waals surface area contributed by atoms with Crippen LogP contribution in [0, 0.1) is 6.92 Å². The molecule has 0 aliphatic heterocycles. The average molecular weight is 377 g/mol. The van der Waals surface area contributed by atoms with E-state index in [9.17, 15) is 9.59 Å². The van der Waals surface area contributed by atoms with Gasteiger partial charge in [0.2, 0.25) is 5.91 Å². The number of rotatable bonds is 7. The molecule has 3 heterocycles. The molecule has 0 aliphatic rings. The lowest BCUT2D eigenvalue weighted by Crippen LogP contribution is -2.28. The minimum Gasteiger partial charge on any atom is -0.355 e. The van der Waals surface area contributed by atoms with E-state index in [1.165, 1.54) is 16.6 Å². The molecule has 0 saturated carbocycles. The average Bonchev–Trinajstić information content (AvgIpc) is 3.22. The fraction of sp³-hybridized carbons (Fsp3) is 0.353. The van der Waals surface area contributed by atoms with Crippen LogP contribution in [0.15, 0.2) is 33.5 Å². The summed E-state index contributed by atoms with van der Waals surface area (Å²) in [6.45, 7) is 4.92. The molecule has 0 fully saturated rings. The molecular weight excluding hydrogens is 356 g/mol. The van der Waals surface area contributed by atoms with Crippen molar-refractivity contribution in [2.24, 2.45) is 0 Å². The van der Waals surface area contributed by atoms with Crippen LogP contribution in [-0.2, 0) is 17.8 Å². The molecule has 0 saturated heterocycles. The van der Waals surface area contributed by atoms with E-state index in [1.807, 2.05) is 31.4 Å². The summed E-state index contributed by atoms with van der Waals surface area (Å²) in [6.07, 6.45) is 0.834. The molecule has 132 valence electrons. The van der Waals surface area contributed by atoms with Gasteiger partial charge in [-0.3, -0.25) is 14.2 Å². The highest BCUT2D eigenvalue weighted by molar-refractivity contribution is 7.99. The number of amides is 1. The minimum atomic E-state index is -0.0961. The number of thioether (sulfide) groups is 1. The van der Waals surface area contributed by atoms with E-state index in [0.717, 1.165) is 12.1 Å². The monoisotopic (exact) mass is 376 g/mol. The highest BCUT2D eigenvalue weighted by Gasteiger charge is 2.13. The number of hydrogen-bond acceptors (Lipinski definition) is 5. The highest BCUT2D eigenvalue weighted by atomic mass is 32.2. The van der Waals surface area contributed by atoms with Gasteiger partial charge in [0.15, 0.2) is 5.16 Å². The third-order valence-electron chi connectivity index (χ3n) is 3.76. The largest absolute Gasteiger partial charge is 0.355 e. The van der Waals surface area contributed by atoms with Crippen molar-refractivity contribution in [1.29, 1.82) is 0 Å². The summed E-state index contributed by atoms with van der Waals surface area (Å²) in [7, 11) is 0. The van der Waals surface area contributed by atoms with Gasteiger partial charge in [-0.2, -0.15) is 0 Å². The number of aromatic amines is 1. The minimum absolute atomic E-state index is 0.0520. The molecule has 25 heavy (non-hydrogen) atoms. The quantitative estimate of drug-likeness (QED) is 0.491. The Hall–Kier alpha value is -2.06. The summed E-state index contributed by atoms with van der Waals surface area (Å²) in [5, 5.41) is 5.52. The second-order valence-corrected chi connectivity index (χ2v) is 7.60. The van der Waals surface area contributed by atoms with Crippen LogP contribution in [0.5, 0.6) is 0 Å². The van der Waals surface area contributed by atoms with Gasteiger partial charge in [-0.15, -0.1) is 11.3 Å². The molecule has 3 rings (SSSR count). The number of hydrogen-bond donors (Lipinski definition) is 2. The van der Waals surface area contributed by atoms with Crippen LogP contribution in [0.2, 0.25) is 0 Å². The second kappa shape index (κ2) is 7.88. The van der Waals surface area contributed by atoms with Crippen molar-refractivity contribution in [1.82, 2.24) is 19.9 Å². The number of aromatic nitrogens is 3. The van der Waals surface area contributed by atoms with Gasteiger partial charge in [-0.05, 0) is 37.8 Å². The molecule has 0 spiro atoms. The second-order valence-electron chi connectivity index (χ2n) is 5.62. The zero-order valence-electron chi connectivity index (χ0n) is 14.2. The first-order valence-electron chi connectivity index (χ1n) is 8.10. The number of carbonyl (C=O) groups is 1. The van der Waals surface area contributed by atoms with Gasteiger partial charge in [-0.1, -0.05) is 17.8 Å². The van der Waals surface area contributed by atoms with E-state index in [4.69, 9.17) is 0 Å². The zero-order chi connectivity index (χ0) is 17.8. The fourth-order valence-corrected chi connectivity index (χ4v) is 4.16. The van der Waals surface area contributed by atoms with Gasteiger partial charge in [0.05, 0.1) is 11.3 Å². The molecule has 0 aliphatic carbocycles. The standard InChI is InChI=1S/C17H20N4O2S2/c1-3-21-16(23)15-13(9-11(2)19-15)20-17(21)25-10-14(22)18-7-6-12-5-4-8-24-12/h4-5,8-9,19H,3,6-7,10H2,1-2H3,(H,18,22). The maximum Gasteiger partial charge on any atom is 0.278 e. The zero-order valence-corrected chi connectivity index (χ0v) is 15.8. The Morgan fingerprint density at radius 2 is 2.32 bits per heavy atom. The van der Waals surface area contributed by atoms with E-state index < -0.39 is 0 Å². The van der Waals surface area contributed by atoms with Crippen LogP contribution < -0.4 is 10.9 Å². The predicted octanol–water partition coefficient (Wildman–Crippen LogP) is 2.57. The van der Waals surface area contributed by atoms with E-state index >= 15 is 0 Å². The third-order valence-corrected chi connectivity index (χ3v) is 5.67. The number of thiophene rings is 1. The summed E-state index contributed by atoms with van der Waals surface area (Å²) in [5.74, 6) is 0.190. The van der Waals surface area contributed by atoms with Crippen molar-refractivity contribution in [3.05, 3.63) is 44.5 Å². The Morgan fingerprint density at radius 1 is 1.48 bits per heavy atom. The SMILES string of the molecule is CCn1c(SCC(=O)NCCc2cccs2)nc2cc(C)[nH]c2c1=O. The number of nitrogens with zero attached hydrogens (tertiary/aromatic N) is 2. The van der Waals surface area contributed by atoms with Crippen LogP contribution in [-0.4, -0.2) is 32.7 Å². The fourth-order valence-electron chi connectivity index (χ4n) is 2.56. The first kappa shape index (κ1) is 17.8. The molecule has 3 aromatic rings. The van der Waals surface area contributed by atoms with Crippen molar-refractivity contribution in [2.45, 2.75) is 32.0 Å². The van der Waals surface area contributed by atoms with Gasteiger partial charge >= 0.3 is 0 Å². The van der Waals surface area contributed by atoms with E-state index in [0.29, 0.717) is 29.3 Å². The van der Waals surface area contributed by atoms with Crippen LogP contribution >= 0.6 is 23.1 Å². The number of fused-ring (bicyclic) bond motifs is 1. The van der Waals surface area contributed by atoms with E-state index in [2.05, 4.69) is 21.4 Å². The van der Waals surface area contributed by atoms with Crippen LogP contribution in [0.4, 0.5) is 0 Å². The van der Waals surface area contributed by atoms with Crippen molar-refractivity contribution in [3.8, 4) is 0 Å². The number of aryl methyl sites for hydroxylation is 1. The van der Waals surface area contributed by atoms with Crippen LogP contribution in [0.25, 0.3) is 11.0 Å². The lowest BCUT2D eigenvalue weighted by molar-refractivity contribution is -0.118. The Kier molecular flexibility index (Phi) is 5.60. The van der Waals surface area contributed by atoms with Crippen molar-refractivity contribution < 1.29 is 4.79 Å². The Balaban J connectivity index is 1.63. The molecule has 8 heteroatoms. The van der Waals surface area contributed by atoms with Crippen LogP contribution in [0.3, 0.4) is 0 Å². The molecule has 3 aromatic heterocycles. The summed E-state index contributed by atoms with van der Waals surface area (Å²) < 4.78 is 1.60. The summed E-state index contributed by atoms with van der Waals surface area (Å²) in [5.41, 5.74) is 1.97. The smallest absolute Gasteiger partial charge is 0.278 e. The van der Waals surface area contributed by atoms with Gasteiger partial charge < -0.3 is 10.3 Å². The molecular formula is C17H20N4O2S2. The molecule has 0 bridgehead atoms. The number of carbonyl (C=O) groups excluding carboxylic acids is 1. The topological polar surface area (TPSA) is 79.8 Å². The molecule has 0 unspecified atom stereocenters. The molecule has 0 atom stereocenters. The lowest BCUT2D eigenvalue weighted by Gasteiger charge is -2.09. The molecule has 6 nitrogen and oxygen atoms in total. The first-order chi connectivity index (χ1) is 12.1. The Labute approximate surface area is 153 Å². The molecule has 0 aromatic carbocycles. The number of nitrogens with one attached hydrogen (secondary N) is 2. The maximum absolute atomic E-state index is 12.5. The lowest BCUT2D eigenvalue weighted by atomic mass is 10.3. The Morgan fingerprint density at radius 3 is 3.04 bits per heavy atom. The van der Waals surface area contributed by atoms with Gasteiger partial charge in [0.25, 0.3) is 5.56 Å². The van der Waals surface area contributed by atoms with Gasteiger partial charge in [0.1, 0.15) is 5.52 Å². The summed E-state index contributed by atoms with van der Waals surface area (Å²) >= 11 is 2.98. The third kappa shape index (κ3) is 4.13. The summed E-state index contributed by atoms with van der Waals surface area (Å²) in [4.78, 5) is 33.4. The van der Waals surface area contributed by atoms with Gasteiger partial charge in [-0.25, -0.2) is 4.98 Å². The maximum atomic E-state index is 12.5. The van der Waals surface area contributed by atoms with Gasteiger partial charge in [0, 0.05) is 23.7 Å². The predicted molar refractivity (Wildman–Crippen MR) is 103 cm³/mol. The van der Waals surface area contributed by atoms with E-state index in [1.54, 1.807) is 15.9 Å². The molecule has 0 radical (unpaired) electrons. The van der Waals surface area contributed by atoms with Crippen molar-refractivity contribution in [2.75, 3.05) is 12.3 Å². The van der Waals surface area contributed by atoms with E-state index in [-0.39, 0.29) is 17.2 Å². The summed E-state index contributed by atoms with van der Waals surface area (Å²) in [6, 6.07) is 5.91. The van der Waals surface area contributed by atoms with Crippen LogP contribution in [0.1, 0.15) is 17.5 Å². The number of H-pyrrole nitrogens is 1. The van der Waals surface area contributed by atoms with Crippen molar-refractivity contribution in [3.63, 3.8) is 0 Å². The highest BCUT2D eigenvalue weighted by Crippen LogP contribution is 2.18. The van der Waals surface area contributed by atoms with Crippen molar-refractivity contribution >= 4 is 40.0 Å².